The maximum absolute atomic E-state index is 12.0. The lowest BCUT2D eigenvalue weighted by molar-refractivity contribution is -0.152. The number of hydrogen-bond donors (Lipinski definition) is 2. The van der Waals surface area contributed by atoms with Gasteiger partial charge in [0.15, 0.2) is 5.78 Å². The quantitative estimate of drug-likeness (QED) is 0.282. The van der Waals surface area contributed by atoms with Crippen LogP contribution < -0.4 is 0 Å². The number of aliphatic hydroxyl groups excluding tert-OH is 1. The van der Waals surface area contributed by atoms with Gasteiger partial charge < -0.3 is 10.2 Å². The molecular formula is C39H59ClO4. The van der Waals surface area contributed by atoms with Gasteiger partial charge in [0.05, 0.1) is 16.7 Å². The lowest BCUT2D eigenvalue weighted by atomic mass is 9.44. The molecule has 0 radical (unpaired) electrons. The second kappa shape index (κ2) is 10.6. The molecule has 13 atom stereocenters. The smallest absolute Gasteiger partial charge is 0.174 e. The van der Waals surface area contributed by atoms with Gasteiger partial charge in [-0.2, -0.15) is 0 Å². The maximum Gasteiger partial charge on any atom is 0.174 e. The molecule has 0 aromatic rings. The molecule has 44 heavy (non-hydrogen) atoms. The maximum atomic E-state index is 12.0. The topological polar surface area (TPSA) is 74.6 Å². The van der Waals surface area contributed by atoms with E-state index in [0.29, 0.717) is 52.2 Å². The number of rotatable bonds is 0. The fourth-order valence-electron chi connectivity index (χ4n) is 13.9. The molecule has 0 aromatic heterocycles. The zero-order chi connectivity index (χ0) is 31.4. The van der Waals surface area contributed by atoms with Gasteiger partial charge >= 0.3 is 0 Å². The van der Waals surface area contributed by atoms with Crippen LogP contribution in [0.15, 0.2) is 10.6 Å². The van der Waals surface area contributed by atoms with Gasteiger partial charge in [-0.15, -0.1) is 0 Å². The van der Waals surface area contributed by atoms with Crippen molar-refractivity contribution in [2.75, 3.05) is 0 Å². The normalized spacial score (nSPS) is 54.6. The van der Waals surface area contributed by atoms with Gasteiger partial charge in [-0.25, -0.2) is 0 Å². The number of hydrogen-bond acceptors (Lipinski definition) is 4. The van der Waals surface area contributed by atoms with Crippen LogP contribution in [0.25, 0.3) is 0 Å². The van der Waals surface area contributed by atoms with Crippen LogP contribution in [0.5, 0.6) is 0 Å². The predicted molar refractivity (Wildman–Crippen MR) is 175 cm³/mol. The van der Waals surface area contributed by atoms with E-state index < -0.39 is 5.60 Å². The fourth-order valence-corrected chi connectivity index (χ4v) is 14.3. The third-order valence-electron chi connectivity index (χ3n) is 17.0. The Bertz CT molecular complexity index is 1240. The molecule has 5 heteroatoms. The molecule has 0 spiro atoms. The summed E-state index contributed by atoms with van der Waals surface area (Å²) in [6, 6.07) is 0. The Morgan fingerprint density at radius 1 is 0.659 bits per heavy atom. The Morgan fingerprint density at radius 3 is 2.11 bits per heavy atom. The van der Waals surface area contributed by atoms with Crippen molar-refractivity contribution >= 4 is 23.2 Å². The average Bonchev–Trinajstić information content (AvgIpc) is 3.42. The number of aliphatic hydroxyl groups is 2. The summed E-state index contributed by atoms with van der Waals surface area (Å²) in [5.41, 5.74) is 1.57. The van der Waals surface area contributed by atoms with E-state index in [-0.39, 0.29) is 28.1 Å². The summed E-state index contributed by atoms with van der Waals surface area (Å²) in [6.45, 7) is 11.6. The number of allylic oxidation sites excluding steroid dienone is 1. The van der Waals surface area contributed by atoms with Crippen molar-refractivity contribution in [2.45, 2.75) is 155 Å². The molecule has 0 aromatic carbocycles. The van der Waals surface area contributed by atoms with Crippen LogP contribution in [-0.2, 0) is 9.59 Å². The van der Waals surface area contributed by atoms with Crippen LogP contribution in [0, 0.1) is 63.1 Å². The number of Topliss-reactive ketones (excluding diaryl/α,β-unsaturated/α-hetero) is 2. The Kier molecular flexibility index (Phi) is 7.71. The third-order valence-corrected chi connectivity index (χ3v) is 17.5. The zero-order valence-corrected chi connectivity index (χ0v) is 29.0. The van der Waals surface area contributed by atoms with Crippen LogP contribution in [0.3, 0.4) is 0 Å². The Labute approximate surface area is 271 Å². The number of fused-ring (bicyclic) bond motifs is 10. The summed E-state index contributed by atoms with van der Waals surface area (Å²) in [7, 11) is 0. The zero-order valence-electron chi connectivity index (χ0n) is 28.2. The number of halogens is 1. The first-order chi connectivity index (χ1) is 20.7. The minimum Gasteiger partial charge on any atom is -0.393 e. The molecule has 0 amide bonds. The first kappa shape index (κ1) is 31.9. The van der Waals surface area contributed by atoms with Gasteiger partial charge in [0.25, 0.3) is 0 Å². The molecule has 0 heterocycles. The van der Waals surface area contributed by atoms with Crippen molar-refractivity contribution in [3.05, 3.63) is 10.6 Å². The summed E-state index contributed by atoms with van der Waals surface area (Å²) >= 11 is 6.41. The fraction of sp³-hybridized carbons (Fsp3) is 0.897. The largest absolute Gasteiger partial charge is 0.393 e. The third kappa shape index (κ3) is 4.41. The van der Waals surface area contributed by atoms with Crippen LogP contribution in [-0.4, -0.2) is 33.5 Å². The summed E-state index contributed by atoms with van der Waals surface area (Å²) in [6.07, 6.45) is 18.1. The van der Waals surface area contributed by atoms with E-state index >= 15 is 0 Å². The molecule has 246 valence electrons. The van der Waals surface area contributed by atoms with Crippen molar-refractivity contribution in [1.29, 1.82) is 0 Å². The predicted octanol–water partition coefficient (Wildman–Crippen LogP) is 8.79. The van der Waals surface area contributed by atoms with Crippen molar-refractivity contribution in [2.24, 2.45) is 63.1 Å². The average molecular weight is 627 g/mol. The highest BCUT2D eigenvalue weighted by atomic mass is 35.5. The van der Waals surface area contributed by atoms with Crippen LogP contribution >= 0.6 is 11.6 Å². The molecule has 7 fully saturated rings. The minimum absolute atomic E-state index is 0.111. The number of carbonyl (C=O) groups is 2. The molecule has 0 bridgehead atoms. The molecule has 4 nitrogen and oxygen atoms in total. The van der Waals surface area contributed by atoms with Crippen LogP contribution in [0.2, 0.25) is 0 Å². The highest BCUT2D eigenvalue weighted by Gasteiger charge is 2.63. The molecule has 8 aliphatic carbocycles. The highest BCUT2D eigenvalue weighted by molar-refractivity contribution is 6.43. The van der Waals surface area contributed by atoms with E-state index in [2.05, 4.69) is 34.6 Å². The lowest BCUT2D eigenvalue weighted by Crippen LogP contribution is -2.55. The molecule has 0 saturated heterocycles. The van der Waals surface area contributed by atoms with E-state index in [4.69, 9.17) is 11.6 Å². The Morgan fingerprint density at radius 2 is 1.34 bits per heavy atom. The van der Waals surface area contributed by atoms with Gasteiger partial charge in [-0.05, 0) is 165 Å². The highest BCUT2D eigenvalue weighted by Crippen LogP contribution is 2.68. The monoisotopic (exact) mass is 626 g/mol. The summed E-state index contributed by atoms with van der Waals surface area (Å²) in [5, 5.41) is 22.0. The number of ketones is 2. The number of carbonyl (C=O) groups excluding carboxylic acids is 2. The molecule has 8 aliphatic rings. The Hall–Kier alpha value is -0.710. The Balaban J connectivity index is 0.000000142. The molecule has 2 N–H and O–H groups in total. The summed E-state index contributed by atoms with van der Waals surface area (Å²) in [4.78, 5) is 23.9. The van der Waals surface area contributed by atoms with E-state index in [0.717, 1.165) is 69.6 Å². The molecule has 7 saturated carbocycles. The summed E-state index contributed by atoms with van der Waals surface area (Å²) in [5.74, 6) is 5.63. The van der Waals surface area contributed by atoms with Gasteiger partial charge in [-0.3, -0.25) is 9.59 Å². The molecular weight excluding hydrogens is 568 g/mol. The van der Waals surface area contributed by atoms with Crippen molar-refractivity contribution in [1.82, 2.24) is 0 Å². The van der Waals surface area contributed by atoms with Crippen molar-refractivity contribution in [3.63, 3.8) is 0 Å². The lowest BCUT2D eigenvalue weighted by Gasteiger charge is -2.60. The molecule has 0 aliphatic heterocycles. The molecule has 0 unspecified atom stereocenters. The van der Waals surface area contributed by atoms with E-state index in [9.17, 15) is 19.8 Å². The van der Waals surface area contributed by atoms with Gasteiger partial charge in [0.1, 0.15) is 5.78 Å². The summed E-state index contributed by atoms with van der Waals surface area (Å²) < 4.78 is 0. The second-order valence-electron chi connectivity index (χ2n) is 18.4. The van der Waals surface area contributed by atoms with Gasteiger partial charge in [-0.1, -0.05) is 39.3 Å². The van der Waals surface area contributed by atoms with Crippen LogP contribution in [0.1, 0.15) is 144 Å². The van der Waals surface area contributed by atoms with E-state index in [1.807, 2.05) is 0 Å². The standard InChI is InChI=1S/C20H32O2.C19H27ClO2/c1-18-9-6-14(21)12-13(18)4-5-15-16(18)7-10-19(2)17(15)8-11-20(19,3)22;1-18-10-8-15(21)17(20)14(18)4-3-11-12-5-6-16(22)19(12,2)9-7-13(11)18/h13,15-17,22H,4-12H2,1-3H3;11-13,16,22H,3-10H2,1-2H3/t13-,15+,16-,17-,18-,19-,20-;11-,12-,13-,16-,18+,19-/m00/s1. The first-order valence-corrected chi connectivity index (χ1v) is 18.9. The van der Waals surface area contributed by atoms with E-state index in [1.54, 1.807) is 0 Å². The van der Waals surface area contributed by atoms with Gasteiger partial charge in [0.2, 0.25) is 0 Å². The van der Waals surface area contributed by atoms with Crippen LogP contribution in [0.4, 0.5) is 0 Å². The molecule has 8 rings (SSSR count). The SMILES string of the molecule is C[C@]12CCC(=O)C[C@@H]1CC[C@@H]1[C@@H]2CC[C@@]2(C)[C@H]1CC[C@]2(C)O.C[C@]12CC[C@H]3[C@@H](CCC4=C(Cl)C(=O)CC[C@@]43C)[C@@H]1CC[C@@H]2O. The van der Waals surface area contributed by atoms with Gasteiger partial charge in [0, 0.05) is 19.3 Å². The first-order valence-electron chi connectivity index (χ1n) is 18.5. The van der Waals surface area contributed by atoms with E-state index in [1.165, 1.54) is 50.5 Å². The van der Waals surface area contributed by atoms with Crippen molar-refractivity contribution in [3.8, 4) is 0 Å². The second-order valence-corrected chi connectivity index (χ2v) is 18.7. The van der Waals surface area contributed by atoms with Crippen molar-refractivity contribution < 1.29 is 19.8 Å². The minimum atomic E-state index is -0.469.